The van der Waals surface area contributed by atoms with E-state index in [1.54, 1.807) is 18.6 Å². The standard InChI is InChI=1S/C21H21N3O2/c25-21(20-8-3-5-16-13-22-11-9-19(16)20)24(15-18-7-4-12-26-18)14-17-6-1-2-10-23-17/h1-3,5-6,8-11,13,18H,4,7,12,14-15H2. The van der Waals surface area contributed by atoms with Crippen molar-refractivity contribution in [2.75, 3.05) is 13.2 Å². The highest BCUT2D eigenvalue weighted by molar-refractivity contribution is 6.06. The molecule has 1 saturated heterocycles. The van der Waals surface area contributed by atoms with E-state index in [1.807, 2.05) is 47.4 Å². The molecule has 3 aromatic rings. The molecule has 1 aliphatic rings. The smallest absolute Gasteiger partial charge is 0.254 e. The predicted octanol–water partition coefficient (Wildman–Crippen LogP) is 3.45. The number of pyridine rings is 2. The van der Waals surface area contributed by atoms with E-state index in [1.165, 1.54) is 0 Å². The lowest BCUT2D eigenvalue weighted by Gasteiger charge is -2.26. The maximum absolute atomic E-state index is 13.4. The number of aromatic nitrogens is 2. The van der Waals surface area contributed by atoms with Crippen LogP contribution in [0.2, 0.25) is 0 Å². The lowest BCUT2D eigenvalue weighted by atomic mass is 10.0. The first kappa shape index (κ1) is 16.7. The van der Waals surface area contributed by atoms with Gasteiger partial charge in [-0.25, -0.2) is 0 Å². The summed E-state index contributed by atoms with van der Waals surface area (Å²) in [7, 11) is 0. The molecule has 0 aliphatic carbocycles. The van der Waals surface area contributed by atoms with E-state index in [0.29, 0.717) is 18.7 Å². The van der Waals surface area contributed by atoms with Gasteiger partial charge in [-0.3, -0.25) is 14.8 Å². The Balaban J connectivity index is 1.66. The molecule has 3 heterocycles. The summed E-state index contributed by atoms with van der Waals surface area (Å²) >= 11 is 0. The van der Waals surface area contributed by atoms with Gasteiger partial charge in [0.25, 0.3) is 5.91 Å². The van der Waals surface area contributed by atoms with Crippen molar-refractivity contribution in [3.05, 3.63) is 72.3 Å². The average Bonchev–Trinajstić information content (AvgIpc) is 3.20. The zero-order chi connectivity index (χ0) is 17.8. The van der Waals surface area contributed by atoms with Crippen molar-refractivity contribution in [1.82, 2.24) is 14.9 Å². The SMILES string of the molecule is O=C(c1cccc2cnccc12)N(Cc1ccccn1)CC1CCCO1. The number of benzene rings is 1. The minimum Gasteiger partial charge on any atom is -0.376 e. The number of carbonyl (C=O) groups excluding carboxylic acids is 1. The molecule has 0 radical (unpaired) electrons. The number of amides is 1. The van der Waals surface area contributed by atoms with E-state index in [0.717, 1.165) is 35.9 Å². The molecule has 4 rings (SSSR count). The Morgan fingerprint density at radius 1 is 1.15 bits per heavy atom. The van der Waals surface area contributed by atoms with Crippen LogP contribution in [0.4, 0.5) is 0 Å². The zero-order valence-corrected chi connectivity index (χ0v) is 14.5. The molecule has 0 bridgehead atoms. The molecule has 1 aromatic carbocycles. The van der Waals surface area contributed by atoms with Gasteiger partial charge < -0.3 is 9.64 Å². The molecule has 1 atom stereocenters. The van der Waals surface area contributed by atoms with Crippen LogP contribution in [0.15, 0.2) is 61.1 Å². The van der Waals surface area contributed by atoms with Crippen LogP contribution in [0.1, 0.15) is 28.9 Å². The first-order valence-corrected chi connectivity index (χ1v) is 8.95. The van der Waals surface area contributed by atoms with Crippen molar-refractivity contribution in [2.45, 2.75) is 25.5 Å². The molecule has 1 unspecified atom stereocenters. The Hall–Kier alpha value is -2.79. The summed E-state index contributed by atoms with van der Waals surface area (Å²) in [5.41, 5.74) is 1.57. The van der Waals surface area contributed by atoms with Gasteiger partial charge in [-0.05, 0) is 42.5 Å². The molecular formula is C21H21N3O2. The highest BCUT2D eigenvalue weighted by Crippen LogP contribution is 2.22. The quantitative estimate of drug-likeness (QED) is 0.709. The number of carbonyl (C=O) groups is 1. The maximum atomic E-state index is 13.4. The van der Waals surface area contributed by atoms with E-state index in [-0.39, 0.29) is 12.0 Å². The van der Waals surface area contributed by atoms with Crippen LogP contribution >= 0.6 is 0 Å². The lowest BCUT2D eigenvalue weighted by molar-refractivity contribution is 0.0506. The summed E-state index contributed by atoms with van der Waals surface area (Å²) in [5, 5.41) is 1.89. The summed E-state index contributed by atoms with van der Waals surface area (Å²) in [6, 6.07) is 13.4. The van der Waals surface area contributed by atoms with Gasteiger partial charge in [-0.1, -0.05) is 18.2 Å². The average molecular weight is 347 g/mol. The summed E-state index contributed by atoms with van der Waals surface area (Å²) in [6.45, 7) is 1.83. The molecule has 0 saturated carbocycles. The first-order valence-electron chi connectivity index (χ1n) is 8.95. The molecular weight excluding hydrogens is 326 g/mol. The third-order valence-corrected chi connectivity index (χ3v) is 4.73. The van der Waals surface area contributed by atoms with Crippen LogP contribution in [0.3, 0.4) is 0 Å². The van der Waals surface area contributed by atoms with Crippen molar-refractivity contribution < 1.29 is 9.53 Å². The molecule has 5 nitrogen and oxygen atoms in total. The molecule has 2 aromatic heterocycles. The number of hydrogen-bond acceptors (Lipinski definition) is 4. The molecule has 0 spiro atoms. The molecule has 1 aliphatic heterocycles. The van der Waals surface area contributed by atoms with Crippen LogP contribution in [0.5, 0.6) is 0 Å². The van der Waals surface area contributed by atoms with Crippen LogP contribution in [-0.2, 0) is 11.3 Å². The second-order valence-corrected chi connectivity index (χ2v) is 6.54. The lowest BCUT2D eigenvalue weighted by Crippen LogP contribution is -2.37. The van der Waals surface area contributed by atoms with Crippen LogP contribution < -0.4 is 0 Å². The zero-order valence-electron chi connectivity index (χ0n) is 14.5. The van der Waals surface area contributed by atoms with E-state index in [4.69, 9.17) is 4.74 Å². The van der Waals surface area contributed by atoms with E-state index < -0.39 is 0 Å². The summed E-state index contributed by atoms with van der Waals surface area (Å²) in [5.74, 6) is 0.00273. The minimum absolute atomic E-state index is 0.00273. The number of ether oxygens (including phenoxy) is 1. The number of nitrogens with zero attached hydrogens (tertiary/aromatic N) is 3. The summed E-state index contributed by atoms with van der Waals surface area (Å²) < 4.78 is 5.77. The Bertz CT molecular complexity index is 887. The van der Waals surface area contributed by atoms with E-state index >= 15 is 0 Å². The monoisotopic (exact) mass is 347 g/mol. The number of rotatable bonds is 5. The third-order valence-electron chi connectivity index (χ3n) is 4.73. The van der Waals surface area contributed by atoms with Crippen molar-refractivity contribution in [3.63, 3.8) is 0 Å². The second-order valence-electron chi connectivity index (χ2n) is 6.54. The molecule has 1 amide bonds. The predicted molar refractivity (Wildman–Crippen MR) is 99.7 cm³/mol. The number of fused-ring (bicyclic) bond motifs is 1. The summed E-state index contributed by atoms with van der Waals surface area (Å²) in [4.78, 5) is 23.8. The Morgan fingerprint density at radius 2 is 2.12 bits per heavy atom. The Labute approximate surface area is 152 Å². The van der Waals surface area contributed by atoms with Crippen molar-refractivity contribution in [3.8, 4) is 0 Å². The van der Waals surface area contributed by atoms with Gasteiger partial charge in [0.2, 0.25) is 0 Å². The fourth-order valence-electron chi connectivity index (χ4n) is 3.42. The van der Waals surface area contributed by atoms with Gasteiger partial charge in [0.05, 0.1) is 18.3 Å². The topological polar surface area (TPSA) is 55.3 Å². The van der Waals surface area contributed by atoms with Gasteiger partial charge >= 0.3 is 0 Å². The fraction of sp³-hybridized carbons (Fsp3) is 0.286. The minimum atomic E-state index is 0.00273. The Morgan fingerprint density at radius 3 is 2.92 bits per heavy atom. The highest BCUT2D eigenvalue weighted by atomic mass is 16.5. The number of hydrogen-bond donors (Lipinski definition) is 0. The van der Waals surface area contributed by atoms with Crippen molar-refractivity contribution in [1.29, 1.82) is 0 Å². The fourth-order valence-corrected chi connectivity index (χ4v) is 3.42. The molecule has 5 heteroatoms. The van der Waals surface area contributed by atoms with Gasteiger partial charge in [-0.2, -0.15) is 0 Å². The van der Waals surface area contributed by atoms with Gasteiger partial charge in [0, 0.05) is 42.7 Å². The molecule has 132 valence electrons. The van der Waals surface area contributed by atoms with Crippen LogP contribution in [0, 0.1) is 0 Å². The van der Waals surface area contributed by atoms with Crippen LogP contribution in [-0.4, -0.2) is 40.0 Å². The van der Waals surface area contributed by atoms with Gasteiger partial charge in [0.15, 0.2) is 0 Å². The maximum Gasteiger partial charge on any atom is 0.254 e. The molecule has 1 fully saturated rings. The normalized spacial score (nSPS) is 16.7. The Kier molecular flexibility index (Phi) is 4.88. The summed E-state index contributed by atoms with van der Waals surface area (Å²) in [6.07, 6.45) is 7.41. The molecule has 26 heavy (non-hydrogen) atoms. The van der Waals surface area contributed by atoms with Gasteiger partial charge in [-0.15, -0.1) is 0 Å². The van der Waals surface area contributed by atoms with Crippen molar-refractivity contribution >= 4 is 16.7 Å². The van der Waals surface area contributed by atoms with Crippen molar-refractivity contribution in [2.24, 2.45) is 0 Å². The molecule has 0 N–H and O–H groups in total. The van der Waals surface area contributed by atoms with E-state index in [9.17, 15) is 4.79 Å². The highest BCUT2D eigenvalue weighted by Gasteiger charge is 2.25. The first-order chi connectivity index (χ1) is 12.8. The third kappa shape index (κ3) is 3.58. The van der Waals surface area contributed by atoms with Gasteiger partial charge in [0.1, 0.15) is 0 Å². The second kappa shape index (κ2) is 7.62. The van der Waals surface area contributed by atoms with E-state index in [2.05, 4.69) is 9.97 Å². The largest absolute Gasteiger partial charge is 0.376 e. The van der Waals surface area contributed by atoms with Crippen LogP contribution in [0.25, 0.3) is 10.8 Å².